The van der Waals surface area contributed by atoms with Gasteiger partial charge in [0, 0.05) is 74.9 Å². The van der Waals surface area contributed by atoms with Crippen molar-refractivity contribution >= 4 is 41.2 Å². The number of hydrogen-bond donors (Lipinski definition) is 3. The van der Waals surface area contributed by atoms with Crippen LogP contribution in [0.3, 0.4) is 0 Å². The first-order valence-corrected chi connectivity index (χ1v) is 15.4. The minimum atomic E-state index is -0.747. The summed E-state index contributed by atoms with van der Waals surface area (Å²) in [5, 5.41) is 11.7. The molecule has 0 unspecified atom stereocenters. The van der Waals surface area contributed by atoms with Crippen LogP contribution in [0, 0.1) is 19.7 Å². The maximum Gasteiger partial charge on any atom is 0.416 e. The molecule has 1 aromatic heterocycles. The van der Waals surface area contributed by atoms with Gasteiger partial charge >= 0.3 is 6.09 Å². The fraction of sp³-hybridized carbons (Fsp3) is 0.500. The van der Waals surface area contributed by atoms with Gasteiger partial charge in [-0.15, -0.1) is 0 Å². The number of likely N-dealkylation sites (N-methyl/N-ethyl adjacent to an activating group) is 1. The topological polar surface area (TPSA) is 139 Å². The molecule has 0 saturated carbocycles. The third-order valence-corrected chi connectivity index (χ3v) is 8.43. The fourth-order valence-corrected chi connectivity index (χ4v) is 5.69. The number of nitrogens with one attached hydrogen (secondary N) is 2. The SMILES string of the molecule is CCN(CC)CCN(C(=O)OCCN1CCN(C(=O)CCO)CC1)C(=O)c1c(C)[nH]c(/C=C2\C(=O)Nc3ccc(F)cc32)c1C. The van der Waals surface area contributed by atoms with Crippen LogP contribution < -0.4 is 5.32 Å². The second kappa shape index (κ2) is 15.3. The van der Waals surface area contributed by atoms with E-state index in [0.29, 0.717) is 73.0 Å². The number of aryl methyl sites for hydroxylation is 1. The molecule has 0 bridgehead atoms. The second-order valence-electron chi connectivity index (χ2n) is 11.2. The highest BCUT2D eigenvalue weighted by Crippen LogP contribution is 2.34. The van der Waals surface area contributed by atoms with Gasteiger partial charge in [0.05, 0.1) is 17.7 Å². The van der Waals surface area contributed by atoms with Crippen molar-refractivity contribution < 1.29 is 33.4 Å². The lowest BCUT2D eigenvalue weighted by Crippen LogP contribution is -2.50. The van der Waals surface area contributed by atoms with Crippen molar-refractivity contribution in [1.82, 2.24) is 24.6 Å². The van der Waals surface area contributed by atoms with Gasteiger partial charge in [0.15, 0.2) is 0 Å². The molecule has 4 rings (SSSR count). The number of halogens is 1. The highest BCUT2D eigenvalue weighted by atomic mass is 19.1. The van der Waals surface area contributed by atoms with Gasteiger partial charge in [-0.25, -0.2) is 14.1 Å². The van der Waals surface area contributed by atoms with Gasteiger partial charge in [-0.1, -0.05) is 13.8 Å². The number of rotatable bonds is 12. The Morgan fingerprint density at radius 3 is 2.47 bits per heavy atom. The maximum atomic E-state index is 14.0. The van der Waals surface area contributed by atoms with Crippen molar-refractivity contribution in [3.8, 4) is 0 Å². The maximum absolute atomic E-state index is 14.0. The standard InChI is InChI=1S/C32H43FN6O6/c1-5-36(6-2)12-15-39(32(44)45-18-16-37-10-13-38(14-11-37)28(41)9-17-40)31(43)29-21(3)27(34-22(29)4)20-25-24-19-23(33)7-8-26(24)35-30(25)42/h7-8,19-20,34,40H,5-6,9-18H2,1-4H3,(H,35,42)/b25-20-. The van der Waals surface area contributed by atoms with Crippen LogP contribution in [0.1, 0.15) is 53.1 Å². The van der Waals surface area contributed by atoms with E-state index < -0.39 is 17.8 Å². The molecule has 3 N–H and O–H groups in total. The summed E-state index contributed by atoms with van der Waals surface area (Å²) in [5.41, 5.74) is 3.10. The quantitative estimate of drug-likeness (QED) is 0.306. The molecular formula is C32H43FN6O6. The molecule has 0 atom stereocenters. The Bertz CT molecular complexity index is 1440. The normalized spacial score (nSPS) is 15.8. The number of aliphatic hydroxyl groups is 1. The number of aromatic amines is 1. The molecular weight excluding hydrogens is 583 g/mol. The Labute approximate surface area is 262 Å². The van der Waals surface area contributed by atoms with Crippen LogP contribution in [-0.4, -0.2) is 126 Å². The van der Waals surface area contributed by atoms with Gasteiger partial charge in [0.2, 0.25) is 5.91 Å². The fourth-order valence-electron chi connectivity index (χ4n) is 5.69. The van der Waals surface area contributed by atoms with Crippen molar-refractivity contribution in [3.63, 3.8) is 0 Å². The molecule has 0 radical (unpaired) electrons. The van der Waals surface area contributed by atoms with Gasteiger partial charge in [-0.2, -0.15) is 0 Å². The van der Waals surface area contributed by atoms with Gasteiger partial charge in [0.25, 0.3) is 11.8 Å². The Morgan fingerprint density at radius 2 is 1.80 bits per heavy atom. The number of carbonyl (C=O) groups is 4. The van der Waals surface area contributed by atoms with E-state index in [9.17, 15) is 23.6 Å². The van der Waals surface area contributed by atoms with E-state index >= 15 is 0 Å². The van der Waals surface area contributed by atoms with Crippen LogP contribution in [0.25, 0.3) is 11.6 Å². The highest BCUT2D eigenvalue weighted by molar-refractivity contribution is 6.35. The average Bonchev–Trinajstić information content (AvgIpc) is 3.48. The van der Waals surface area contributed by atoms with E-state index in [1.807, 2.05) is 13.8 Å². The minimum Gasteiger partial charge on any atom is -0.448 e. The number of H-pyrrole nitrogens is 1. The van der Waals surface area contributed by atoms with Crippen molar-refractivity contribution in [2.24, 2.45) is 0 Å². The molecule has 45 heavy (non-hydrogen) atoms. The van der Waals surface area contributed by atoms with Crippen molar-refractivity contribution in [1.29, 1.82) is 0 Å². The van der Waals surface area contributed by atoms with Crippen LogP contribution in [0.4, 0.5) is 14.9 Å². The van der Waals surface area contributed by atoms with Gasteiger partial charge < -0.3 is 29.9 Å². The number of ether oxygens (including phenoxy) is 1. The number of carbonyl (C=O) groups excluding carboxylic acids is 4. The number of aliphatic hydroxyl groups excluding tert-OH is 1. The summed E-state index contributed by atoms with van der Waals surface area (Å²) in [6.07, 6.45) is 0.954. The first-order valence-electron chi connectivity index (χ1n) is 15.4. The lowest BCUT2D eigenvalue weighted by Gasteiger charge is -2.34. The molecule has 1 aromatic carbocycles. The molecule has 2 aliphatic heterocycles. The number of aromatic nitrogens is 1. The van der Waals surface area contributed by atoms with Crippen molar-refractivity contribution in [2.75, 3.05) is 77.4 Å². The zero-order valence-electron chi connectivity index (χ0n) is 26.4. The molecule has 1 fully saturated rings. The summed E-state index contributed by atoms with van der Waals surface area (Å²) in [4.78, 5) is 62.3. The van der Waals surface area contributed by atoms with E-state index in [2.05, 4.69) is 20.1 Å². The smallest absolute Gasteiger partial charge is 0.416 e. The Balaban J connectivity index is 1.48. The molecule has 244 valence electrons. The first kappa shape index (κ1) is 33.8. The molecule has 1 saturated heterocycles. The number of benzene rings is 1. The summed E-state index contributed by atoms with van der Waals surface area (Å²) in [7, 11) is 0. The number of hydrogen-bond acceptors (Lipinski definition) is 8. The van der Waals surface area contributed by atoms with Crippen LogP contribution in [-0.2, 0) is 14.3 Å². The molecule has 0 aliphatic carbocycles. The van der Waals surface area contributed by atoms with Crippen molar-refractivity contribution in [2.45, 2.75) is 34.1 Å². The van der Waals surface area contributed by atoms with E-state index in [0.717, 1.165) is 18.0 Å². The summed E-state index contributed by atoms with van der Waals surface area (Å²) in [5.74, 6) is -1.44. The Hall–Kier alpha value is -4.07. The minimum absolute atomic E-state index is 0.0754. The lowest BCUT2D eigenvalue weighted by atomic mass is 10.0. The highest BCUT2D eigenvalue weighted by Gasteiger charge is 2.31. The van der Waals surface area contributed by atoms with Crippen molar-refractivity contribution in [3.05, 3.63) is 52.1 Å². The number of imide groups is 1. The Morgan fingerprint density at radius 1 is 1.09 bits per heavy atom. The zero-order chi connectivity index (χ0) is 32.7. The third kappa shape index (κ3) is 7.96. The summed E-state index contributed by atoms with van der Waals surface area (Å²) in [6, 6.07) is 4.07. The van der Waals surface area contributed by atoms with Crippen LogP contribution in [0.15, 0.2) is 18.2 Å². The van der Waals surface area contributed by atoms with Gasteiger partial charge in [-0.05, 0) is 56.8 Å². The van der Waals surface area contributed by atoms with Gasteiger partial charge in [-0.3, -0.25) is 19.3 Å². The number of anilines is 1. The number of piperazine rings is 1. The van der Waals surface area contributed by atoms with E-state index in [-0.39, 0.29) is 43.6 Å². The number of amides is 4. The Kier molecular flexibility index (Phi) is 11.5. The van der Waals surface area contributed by atoms with E-state index in [1.165, 1.54) is 18.2 Å². The molecule has 0 spiro atoms. The third-order valence-electron chi connectivity index (χ3n) is 8.43. The largest absolute Gasteiger partial charge is 0.448 e. The lowest BCUT2D eigenvalue weighted by molar-refractivity contribution is -0.133. The predicted octanol–water partition coefficient (Wildman–Crippen LogP) is 2.71. The molecule has 12 nitrogen and oxygen atoms in total. The molecule has 13 heteroatoms. The summed E-state index contributed by atoms with van der Waals surface area (Å²) >= 11 is 0. The molecule has 2 aliphatic rings. The zero-order valence-corrected chi connectivity index (χ0v) is 26.4. The summed E-state index contributed by atoms with van der Waals surface area (Å²) in [6.45, 7) is 12.3. The average molecular weight is 627 g/mol. The van der Waals surface area contributed by atoms with Crippen LogP contribution in [0.2, 0.25) is 0 Å². The molecule has 4 amide bonds. The summed E-state index contributed by atoms with van der Waals surface area (Å²) < 4.78 is 19.6. The van der Waals surface area contributed by atoms with E-state index in [1.54, 1.807) is 24.8 Å². The second-order valence-corrected chi connectivity index (χ2v) is 11.2. The van der Waals surface area contributed by atoms with Crippen LogP contribution >= 0.6 is 0 Å². The monoisotopic (exact) mass is 626 g/mol. The predicted molar refractivity (Wildman–Crippen MR) is 168 cm³/mol. The van der Waals surface area contributed by atoms with Gasteiger partial charge in [0.1, 0.15) is 12.4 Å². The number of nitrogens with zero attached hydrogens (tertiary/aromatic N) is 4. The number of fused-ring (bicyclic) bond motifs is 1. The van der Waals surface area contributed by atoms with E-state index in [4.69, 9.17) is 9.84 Å². The molecule has 3 heterocycles. The first-order chi connectivity index (χ1) is 21.6. The van der Waals surface area contributed by atoms with Crippen LogP contribution in [0.5, 0.6) is 0 Å². The molecule has 2 aromatic rings.